The summed E-state index contributed by atoms with van der Waals surface area (Å²) in [6, 6.07) is 2.25. The van der Waals surface area contributed by atoms with E-state index >= 15 is 0 Å². The highest BCUT2D eigenvalue weighted by Crippen LogP contribution is 2.37. The lowest BCUT2D eigenvalue weighted by Crippen LogP contribution is -2.44. The fraction of sp³-hybridized carbons (Fsp3) is 0.533. The Morgan fingerprint density at radius 3 is 2.32 bits per heavy atom. The van der Waals surface area contributed by atoms with E-state index in [2.05, 4.69) is 21.2 Å². The van der Waals surface area contributed by atoms with Crippen molar-refractivity contribution in [3.05, 3.63) is 28.2 Å². The third-order valence-electron chi connectivity index (χ3n) is 3.08. The highest BCUT2D eigenvalue weighted by Gasteiger charge is 2.46. The number of rotatable bonds is 4. The number of nitrogens with one attached hydrogen (secondary N) is 1. The number of carbonyl (C=O) groups is 1. The van der Waals surface area contributed by atoms with Gasteiger partial charge in [0.25, 0.3) is 0 Å². The summed E-state index contributed by atoms with van der Waals surface area (Å²) < 4.78 is 38.1. The van der Waals surface area contributed by atoms with Gasteiger partial charge in [0.05, 0.1) is 5.54 Å². The Kier molecular flexibility index (Phi) is 4.65. The average molecular weight is 378 g/mol. The Morgan fingerprint density at radius 2 is 1.86 bits per heavy atom. The maximum absolute atomic E-state index is 13.7. The van der Waals surface area contributed by atoms with E-state index in [9.17, 15) is 13.6 Å². The number of carbonyl (C=O) groups excluding carboxylic acids is 1. The number of alkyl carbamates (subject to hydrolysis) is 1. The van der Waals surface area contributed by atoms with E-state index in [1.807, 2.05) is 0 Å². The molecule has 1 fully saturated rings. The van der Waals surface area contributed by atoms with Crippen molar-refractivity contribution in [1.29, 1.82) is 0 Å². The van der Waals surface area contributed by atoms with Gasteiger partial charge < -0.3 is 14.8 Å². The van der Waals surface area contributed by atoms with E-state index in [1.54, 1.807) is 20.8 Å². The molecule has 1 aromatic rings. The van der Waals surface area contributed by atoms with Crippen LogP contribution in [0.1, 0.15) is 33.6 Å². The zero-order chi connectivity index (χ0) is 16.5. The number of ether oxygens (including phenoxy) is 2. The van der Waals surface area contributed by atoms with Crippen molar-refractivity contribution in [3.8, 4) is 5.75 Å². The first-order valence-electron chi connectivity index (χ1n) is 6.89. The van der Waals surface area contributed by atoms with Crippen LogP contribution < -0.4 is 10.1 Å². The minimum Gasteiger partial charge on any atom is -0.485 e. The van der Waals surface area contributed by atoms with Gasteiger partial charge in [-0.15, -0.1) is 0 Å². The summed E-state index contributed by atoms with van der Waals surface area (Å²) in [6.45, 7) is 5.27. The van der Waals surface area contributed by atoms with Crippen LogP contribution in [0.25, 0.3) is 0 Å². The lowest BCUT2D eigenvalue weighted by atomic mass is 10.2. The molecule has 0 heterocycles. The molecular formula is C15H18BrF2NO3. The maximum Gasteiger partial charge on any atom is 0.408 e. The summed E-state index contributed by atoms with van der Waals surface area (Å²) in [5, 5.41) is 2.70. The standard InChI is InChI=1S/C15H18BrF2NO3/c1-14(2,3)22-13(20)19-15(4-5-15)8-21-12-10(17)6-9(16)7-11(12)18/h6-7H,4-5,8H2,1-3H3,(H,19,20). The van der Waals surface area contributed by atoms with E-state index in [-0.39, 0.29) is 6.61 Å². The van der Waals surface area contributed by atoms with Crippen LogP contribution >= 0.6 is 15.9 Å². The van der Waals surface area contributed by atoms with Gasteiger partial charge in [-0.1, -0.05) is 15.9 Å². The van der Waals surface area contributed by atoms with Gasteiger partial charge in [-0.25, -0.2) is 13.6 Å². The summed E-state index contributed by atoms with van der Waals surface area (Å²) >= 11 is 3.00. The van der Waals surface area contributed by atoms with E-state index in [1.165, 1.54) is 0 Å². The largest absolute Gasteiger partial charge is 0.485 e. The second-order valence-electron chi connectivity index (χ2n) is 6.39. The Hall–Kier alpha value is -1.37. The molecule has 1 aliphatic carbocycles. The van der Waals surface area contributed by atoms with Crippen LogP contribution in [-0.2, 0) is 4.74 Å². The predicted octanol–water partition coefficient (Wildman–Crippen LogP) is 4.16. The number of halogens is 3. The minimum absolute atomic E-state index is 0.0122. The van der Waals surface area contributed by atoms with Crippen molar-refractivity contribution in [2.24, 2.45) is 0 Å². The molecule has 4 nitrogen and oxygen atoms in total. The van der Waals surface area contributed by atoms with Crippen LogP contribution in [0.4, 0.5) is 13.6 Å². The maximum atomic E-state index is 13.7. The van der Waals surface area contributed by atoms with Gasteiger partial charge in [0, 0.05) is 4.47 Å². The average Bonchev–Trinajstić information content (AvgIpc) is 3.04. The molecule has 2 rings (SSSR count). The smallest absolute Gasteiger partial charge is 0.408 e. The van der Waals surface area contributed by atoms with Crippen LogP contribution in [0.5, 0.6) is 5.75 Å². The van der Waals surface area contributed by atoms with Crippen molar-refractivity contribution < 1.29 is 23.0 Å². The summed E-state index contributed by atoms with van der Waals surface area (Å²) in [4.78, 5) is 11.8. The molecule has 7 heteroatoms. The zero-order valence-electron chi connectivity index (χ0n) is 12.6. The third-order valence-corrected chi connectivity index (χ3v) is 3.53. The monoisotopic (exact) mass is 377 g/mol. The van der Waals surface area contributed by atoms with Crippen LogP contribution in [-0.4, -0.2) is 23.8 Å². The summed E-state index contributed by atoms with van der Waals surface area (Å²) in [7, 11) is 0. The molecule has 0 saturated heterocycles. The molecule has 0 atom stereocenters. The molecule has 0 spiro atoms. The SMILES string of the molecule is CC(C)(C)OC(=O)NC1(COc2c(F)cc(Br)cc2F)CC1. The lowest BCUT2D eigenvalue weighted by Gasteiger charge is -2.23. The van der Waals surface area contributed by atoms with Crippen molar-refractivity contribution in [2.45, 2.75) is 44.8 Å². The Labute approximate surface area is 136 Å². The fourth-order valence-corrected chi connectivity index (χ4v) is 2.26. The van der Waals surface area contributed by atoms with E-state index in [0.29, 0.717) is 17.3 Å². The minimum atomic E-state index is -0.792. The van der Waals surface area contributed by atoms with E-state index < -0.39 is 34.6 Å². The number of amides is 1. The molecule has 0 aliphatic heterocycles. The molecule has 1 N–H and O–H groups in total. The van der Waals surface area contributed by atoms with Crippen molar-refractivity contribution >= 4 is 22.0 Å². The van der Waals surface area contributed by atoms with Crippen molar-refractivity contribution in [3.63, 3.8) is 0 Å². The number of hydrogen-bond donors (Lipinski definition) is 1. The molecule has 0 unspecified atom stereocenters. The van der Waals surface area contributed by atoms with Gasteiger partial charge in [0.1, 0.15) is 12.2 Å². The van der Waals surface area contributed by atoms with E-state index in [0.717, 1.165) is 12.1 Å². The first kappa shape index (κ1) is 17.0. The molecular weight excluding hydrogens is 360 g/mol. The van der Waals surface area contributed by atoms with Crippen LogP contribution in [0.15, 0.2) is 16.6 Å². The van der Waals surface area contributed by atoms with Gasteiger partial charge in [0.2, 0.25) is 0 Å². The molecule has 122 valence electrons. The Morgan fingerprint density at radius 1 is 1.32 bits per heavy atom. The summed E-state index contributed by atoms with van der Waals surface area (Å²) in [5.41, 5.74) is -1.22. The zero-order valence-corrected chi connectivity index (χ0v) is 14.2. The van der Waals surface area contributed by atoms with Gasteiger partial charge >= 0.3 is 6.09 Å². The summed E-state index contributed by atoms with van der Waals surface area (Å²) in [5.74, 6) is -2.03. The molecule has 22 heavy (non-hydrogen) atoms. The fourth-order valence-electron chi connectivity index (χ4n) is 1.85. The predicted molar refractivity (Wildman–Crippen MR) is 80.9 cm³/mol. The molecule has 1 aromatic carbocycles. The van der Waals surface area contributed by atoms with Gasteiger partial charge in [-0.2, -0.15) is 0 Å². The molecule has 1 saturated carbocycles. The second-order valence-corrected chi connectivity index (χ2v) is 7.31. The quantitative estimate of drug-likeness (QED) is 0.856. The lowest BCUT2D eigenvalue weighted by molar-refractivity contribution is 0.0475. The highest BCUT2D eigenvalue weighted by molar-refractivity contribution is 9.10. The van der Waals surface area contributed by atoms with Crippen LogP contribution in [0.3, 0.4) is 0 Å². The first-order valence-corrected chi connectivity index (χ1v) is 7.68. The van der Waals surface area contributed by atoms with Crippen LogP contribution in [0, 0.1) is 11.6 Å². The Balaban J connectivity index is 1.96. The number of benzene rings is 1. The normalized spacial score (nSPS) is 16.1. The first-order chi connectivity index (χ1) is 10.1. The topological polar surface area (TPSA) is 47.6 Å². The van der Waals surface area contributed by atoms with Crippen LogP contribution in [0.2, 0.25) is 0 Å². The van der Waals surface area contributed by atoms with Gasteiger partial charge in [-0.3, -0.25) is 0 Å². The van der Waals surface area contributed by atoms with Gasteiger partial charge in [0.15, 0.2) is 17.4 Å². The third kappa shape index (κ3) is 4.56. The highest BCUT2D eigenvalue weighted by atomic mass is 79.9. The molecule has 0 radical (unpaired) electrons. The summed E-state index contributed by atoms with van der Waals surface area (Å²) in [6.07, 6.45) is 0.781. The van der Waals surface area contributed by atoms with Gasteiger partial charge in [-0.05, 0) is 45.7 Å². The van der Waals surface area contributed by atoms with Crippen molar-refractivity contribution in [1.82, 2.24) is 5.32 Å². The molecule has 1 aliphatic rings. The molecule has 1 amide bonds. The second kappa shape index (κ2) is 6.02. The molecule has 0 aromatic heterocycles. The number of hydrogen-bond acceptors (Lipinski definition) is 3. The Bertz CT molecular complexity index is 560. The molecule has 0 bridgehead atoms. The van der Waals surface area contributed by atoms with Crippen molar-refractivity contribution in [2.75, 3.05) is 6.61 Å². The van der Waals surface area contributed by atoms with E-state index in [4.69, 9.17) is 9.47 Å².